The lowest BCUT2D eigenvalue weighted by atomic mass is 10.1. The Balaban J connectivity index is 1.68. The Kier molecular flexibility index (Phi) is 6.97. The third-order valence-electron chi connectivity index (χ3n) is 4.59. The first-order valence-corrected chi connectivity index (χ1v) is 11.0. The van der Waals surface area contributed by atoms with Crippen LogP contribution in [0, 0.1) is 12.7 Å². The molecular formula is C23H23FN2O3S. The van der Waals surface area contributed by atoms with E-state index in [1.807, 2.05) is 13.0 Å². The maximum Gasteiger partial charge on any atom is 0.258 e. The minimum Gasteiger partial charge on any atom is -0.308 e. The predicted octanol–water partition coefficient (Wildman–Crippen LogP) is 4.15. The van der Waals surface area contributed by atoms with Crippen molar-refractivity contribution in [3.8, 4) is 0 Å². The van der Waals surface area contributed by atoms with Gasteiger partial charge in [-0.05, 0) is 61.9 Å². The van der Waals surface area contributed by atoms with Crippen molar-refractivity contribution in [3.05, 3.63) is 95.8 Å². The number of anilines is 1. The number of benzene rings is 3. The zero-order valence-electron chi connectivity index (χ0n) is 16.6. The molecule has 0 aliphatic rings. The van der Waals surface area contributed by atoms with Gasteiger partial charge in [0.1, 0.15) is 5.82 Å². The van der Waals surface area contributed by atoms with Gasteiger partial charge in [0.05, 0.1) is 4.90 Å². The number of nitrogens with zero attached hydrogens (tertiary/aromatic N) is 1. The van der Waals surface area contributed by atoms with Crippen LogP contribution in [0.2, 0.25) is 0 Å². The summed E-state index contributed by atoms with van der Waals surface area (Å²) in [6, 6.07) is 21.0. The number of carbonyl (C=O) groups is 1. The van der Waals surface area contributed by atoms with Gasteiger partial charge < -0.3 is 4.90 Å². The topological polar surface area (TPSA) is 66.5 Å². The number of halogens is 1. The van der Waals surface area contributed by atoms with Crippen molar-refractivity contribution in [3.63, 3.8) is 0 Å². The number of sulfonamides is 1. The Hall–Kier alpha value is -3.03. The predicted molar refractivity (Wildman–Crippen MR) is 116 cm³/mol. The highest BCUT2D eigenvalue weighted by molar-refractivity contribution is 7.89. The fourth-order valence-corrected chi connectivity index (χ4v) is 4.02. The van der Waals surface area contributed by atoms with Gasteiger partial charge in [0.2, 0.25) is 10.0 Å². The zero-order valence-corrected chi connectivity index (χ0v) is 17.4. The van der Waals surface area contributed by atoms with E-state index < -0.39 is 15.8 Å². The van der Waals surface area contributed by atoms with Crippen LogP contribution in [0.3, 0.4) is 0 Å². The molecule has 7 heteroatoms. The second-order valence-corrected chi connectivity index (χ2v) is 8.63. The number of hydrogen-bond donors (Lipinski definition) is 1. The molecule has 1 N–H and O–H groups in total. The Morgan fingerprint density at radius 1 is 0.933 bits per heavy atom. The van der Waals surface area contributed by atoms with Crippen molar-refractivity contribution in [2.45, 2.75) is 18.2 Å². The summed E-state index contributed by atoms with van der Waals surface area (Å²) >= 11 is 0. The van der Waals surface area contributed by atoms with E-state index in [2.05, 4.69) is 4.72 Å². The van der Waals surface area contributed by atoms with Gasteiger partial charge >= 0.3 is 0 Å². The highest BCUT2D eigenvalue weighted by Gasteiger charge is 2.18. The van der Waals surface area contributed by atoms with E-state index in [0.717, 1.165) is 5.56 Å². The van der Waals surface area contributed by atoms with Crippen LogP contribution in [0.4, 0.5) is 10.1 Å². The number of rotatable bonds is 8. The second kappa shape index (κ2) is 9.65. The van der Waals surface area contributed by atoms with Crippen molar-refractivity contribution in [1.82, 2.24) is 4.72 Å². The minimum absolute atomic E-state index is 0.163. The summed E-state index contributed by atoms with van der Waals surface area (Å²) in [7, 11) is -3.62. The van der Waals surface area contributed by atoms with Gasteiger partial charge in [-0.1, -0.05) is 35.9 Å². The third-order valence-corrected chi connectivity index (χ3v) is 6.06. The quantitative estimate of drug-likeness (QED) is 0.551. The number of hydrogen-bond acceptors (Lipinski definition) is 3. The third kappa shape index (κ3) is 5.52. The average Bonchev–Trinajstić information content (AvgIpc) is 2.75. The van der Waals surface area contributed by atoms with Crippen LogP contribution < -0.4 is 9.62 Å². The van der Waals surface area contributed by atoms with E-state index in [1.54, 1.807) is 48.5 Å². The van der Waals surface area contributed by atoms with Crippen molar-refractivity contribution in [2.24, 2.45) is 0 Å². The molecule has 0 bridgehead atoms. The van der Waals surface area contributed by atoms with E-state index in [1.165, 1.54) is 29.2 Å². The first kappa shape index (κ1) is 21.7. The Morgan fingerprint density at radius 3 is 2.20 bits per heavy atom. The van der Waals surface area contributed by atoms with Crippen molar-refractivity contribution in [2.75, 3.05) is 18.0 Å². The smallest absolute Gasteiger partial charge is 0.258 e. The fraction of sp³-hybridized carbons (Fsp3) is 0.174. The second-order valence-electron chi connectivity index (χ2n) is 6.86. The molecule has 0 unspecified atom stereocenters. The monoisotopic (exact) mass is 426 g/mol. The largest absolute Gasteiger partial charge is 0.308 e. The lowest BCUT2D eigenvalue weighted by Gasteiger charge is -2.23. The molecule has 0 saturated heterocycles. The van der Waals surface area contributed by atoms with Gasteiger partial charge in [-0.3, -0.25) is 4.79 Å². The van der Waals surface area contributed by atoms with E-state index in [0.29, 0.717) is 17.7 Å². The average molecular weight is 427 g/mol. The molecule has 3 rings (SSSR count). The van der Waals surface area contributed by atoms with Crippen molar-refractivity contribution >= 4 is 21.6 Å². The Labute approximate surface area is 176 Å². The van der Waals surface area contributed by atoms with Gasteiger partial charge in [-0.2, -0.15) is 0 Å². The van der Waals surface area contributed by atoms with Crippen LogP contribution >= 0.6 is 0 Å². The highest BCUT2D eigenvalue weighted by atomic mass is 32.2. The maximum atomic E-state index is 13.3. The first-order valence-electron chi connectivity index (χ1n) is 9.56. The Bertz CT molecular complexity index is 1080. The molecule has 0 fully saturated rings. The molecule has 0 atom stereocenters. The summed E-state index contributed by atoms with van der Waals surface area (Å²) < 4.78 is 40.7. The van der Waals surface area contributed by atoms with Crippen molar-refractivity contribution in [1.29, 1.82) is 0 Å². The lowest BCUT2D eigenvalue weighted by molar-refractivity contribution is 0.0986. The van der Waals surface area contributed by atoms with Crippen LogP contribution in [0.25, 0.3) is 0 Å². The molecular weight excluding hydrogens is 403 g/mol. The fourth-order valence-electron chi connectivity index (χ4n) is 2.95. The summed E-state index contributed by atoms with van der Waals surface area (Å²) in [6.45, 7) is 2.32. The molecule has 30 heavy (non-hydrogen) atoms. The zero-order chi connectivity index (χ0) is 21.6. The molecule has 0 aliphatic carbocycles. The molecule has 3 aromatic rings. The highest BCUT2D eigenvalue weighted by Crippen LogP contribution is 2.18. The molecule has 0 radical (unpaired) electrons. The molecule has 5 nitrogen and oxygen atoms in total. The summed E-state index contributed by atoms with van der Waals surface area (Å²) in [6.07, 6.45) is 0.390. The van der Waals surface area contributed by atoms with Crippen LogP contribution in [0.1, 0.15) is 22.3 Å². The summed E-state index contributed by atoms with van der Waals surface area (Å²) in [4.78, 5) is 14.7. The normalized spacial score (nSPS) is 11.3. The first-order chi connectivity index (χ1) is 14.4. The van der Waals surface area contributed by atoms with E-state index in [4.69, 9.17) is 0 Å². The maximum absolute atomic E-state index is 13.3. The SMILES string of the molecule is Cc1ccc(S(=O)(=O)NCCCN(C(=O)c2ccccc2)c2ccc(F)cc2)cc1. The molecule has 156 valence electrons. The van der Waals surface area contributed by atoms with E-state index in [9.17, 15) is 17.6 Å². The standard InChI is InChI=1S/C23H23FN2O3S/c1-18-8-14-22(15-9-18)30(28,29)25-16-5-17-26(21-12-10-20(24)11-13-21)23(27)19-6-3-2-4-7-19/h2-4,6-15,25H,5,16-17H2,1H3. The summed E-state index contributed by atoms with van der Waals surface area (Å²) in [5.41, 5.74) is 2.03. The number of carbonyl (C=O) groups excluding carboxylic acids is 1. The molecule has 3 aromatic carbocycles. The minimum atomic E-state index is -3.62. The molecule has 0 aliphatic heterocycles. The molecule has 0 spiro atoms. The van der Waals surface area contributed by atoms with Crippen LogP contribution in [-0.2, 0) is 10.0 Å². The van der Waals surface area contributed by atoms with Gasteiger partial charge in [0, 0.05) is 24.3 Å². The number of nitrogens with one attached hydrogen (secondary N) is 1. The van der Waals surface area contributed by atoms with Gasteiger partial charge in [0.25, 0.3) is 5.91 Å². The molecule has 1 amide bonds. The van der Waals surface area contributed by atoms with Gasteiger partial charge in [-0.25, -0.2) is 17.5 Å². The molecule has 0 heterocycles. The summed E-state index contributed by atoms with van der Waals surface area (Å²) in [5, 5.41) is 0. The van der Waals surface area contributed by atoms with Gasteiger partial charge in [-0.15, -0.1) is 0 Å². The van der Waals surface area contributed by atoms with Crippen molar-refractivity contribution < 1.29 is 17.6 Å². The van der Waals surface area contributed by atoms with Gasteiger partial charge in [0.15, 0.2) is 0 Å². The number of aryl methyl sites for hydroxylation is 1. The van der Waals surface area contributed by atoms with Crippen LogP contribution in [0.5, 0.6) is 0 Å². The Morgan fingerprint density at radius 2 is 1.57 bits per heavy atom. The lowest BCUT2D eigenvalue weighted by Crippen LogP contribution is -2.34. The number of amides is 1. The van der Waals surface area contributed by atoms with Crippen LogP contribution in [0.15, 0.2) is 83.8 Å². The van der Waals surface area contributed by atoms with E-state index in [-0.39, 0.29) is 23.9 Å². The van der Waals surface area contributed by atoms with Crippen LogP contribution in [-0.4, -0.2) is 27.4 Å². The van der Waals surface area contributed by atoms with E-state index >= 15 is 0 Å². The molecule has 0 aromatic heterocycles. The molecule has 0 saturated carbocycles. The summed E-state index contributed by atoms with van der Waals surface area (Å²) in [5.74, 6) is -0.625.